The van der Waals surface area contributed by atoms with Crippen LogP contribution in [0.3, 0.4) is 0 Å². The molecule has 0 saturated heterocycles. The van der Waals surface area contributed by atoms with Crippen molar-refractivity contribution < 1.29 is 9.84 Å². The molecule has 0 radical (unpaired) electrons. The second kappa shape index (κ2) is 5.34. The van der Waals surface area contributed by atoms with Crippen LogP contribution in [0.2, 0.25) is 0 Å². The number of ether oxygens (including phenoxy) is 1. The van der Waals surface area contributed by atoms with Gasteiger partial charge in [-0.1, -0.05) is 33.8 Å². The molecule has 1 unspecified atom stereocenters. The van der Waals surface area contributed by atoms with E-state index in [0.29, 0.717) is 6.61 Å². The summed E-state index contributed by atoms with van der Waals surface area (Å²) in [7, 11) is 0. The first-order valence-electron chi connectivity index (χ1n) is 9.18. The summed E-state index contributed by atoms with van der Waals surface area (Å²) in [5.41, 5.74) is 5.52. The molecule has 1 N–H and O–H groups in total. The van der Waals surface area contributed by atoms with Gasteiger partial charge in [0.05, 0.1) is 12.0 Å². The van der Waals surface area contributed by atoms with Gasteiger partial charge in [-0.15, -0.1) is 11.3 Å². The van der Waals surface area contributed by atoms with E-state index >= 15 is 0 Å². The number of rotatable bonds is 2. The monoisotopic (exact) mass is 356 g/mol. The fourth-order valence-electron chi connectivity index (χ4n) is 4.40. The topological polar surface area (TPSA) is 29.5 Å². The van der Waals surface area contributed by atoms with Crippen LogP contribution >= 0.6 is 11.3 Å². The van der Waals surface area contributed by atoms with E-state index in [1.807, 2.05) is 0 Å². The average molecular weight is 357 g/mol. The number of aliphatic hydroxyl groups excluding tert-OH is 1. The molecule has 2 aliphatic rings. The molecule has 0 amide bonds. The van der Waals surface area contributed by atoms with Gasteiger partial charge in [0.15, 0.2) is 0 Å². The van der Waals surface area contributed by atoms with E-state index < -0.39 is 0 Å². The number of hydrogen-bond acceptors (Lipinski definition) is 3. The Balaban J connectivity index is 1.89. The van der Waals surface area contributed by atoms with Crippen LogP contribution in [-0.4, -0.2) is 11.7 Å². The highest BCUT2D eigenvalue weighted by atomic mass is 32.1. The Kier molecular flexibility index (Phi) is 3.66. The maximum Gasteiger partial charge on any atom is 0.123 e. The lowest BCUT2D eigenvalue weighted by Crippen LogP contribution is -2.34. The van der Waals surface area contributed by atoms with Gasteiger partial charge in [0, 0.05) is 10.4 Å². The van der Waals surface area contributed by atoms with Crippen LogP contribution < -0.4 is 4.74 Å². The number of hydrogen-bond donors (Lipinski definition) is 1. The Morgan fingerprint density at radius 2 is 1.60 bits per heavy atom. The third-order valence-corrected chi connectivity index (χ3v) is 7.69. The van der Waals surface area contributed by atoms with E-state index in [9.17, 15) is 5.11 Å². The Labute approximate surface area is 154 Å². The Bertz CT molecular complexity index is 831. The summed E-state index contributed by atoms with van der Waals surface area (Å²) in [6.07, 6.45) is 2.44. The molecule has 0 bridgehead atoms. The van der Waals surface area contributed by atoms with Crippen molar-refractivity contribution in [3.8, 4) is 5.75 Å². The number of fused-ring (bicyclic) bond motifs is 2. The standard InChI is InChI=1S/C22H28O2S/c1-20(2)6-7-21(3,4)16-10-18-17(9-15(16)20)22(5,13-24-18)19-8-14(11-23)12-25-19/h8-10,12,23H,6-7,11,13H2,1-5H3. The van der Waals surface area contributed by atoms with Crippen LogP contribution in [-0.2, 0) is 22.9 Å². The zero-order valence-corrected chi connectivity index (χ0v) is 16.7. The van der Waals surface area contributed by atoms with Gasteiger partial charge in [0.25, 0.3) is 0 Å². The first-order valence-corrected chi connectivity index (χ1v) is 10.1. The lowest BCUT2D eigenvalue weighted by molar-refractivity contribution is 0.281. The summed E-state index contributed by atoms with van der Waals surface area (Å²) in [5, 5.41) is 11.5. The molecule has 2 heterocycles. The van der Waals surface area contributed by atoms with Crippen molar-refractivity contribution in [2.24, 2.45) is 0 Å². The normalized spacial score (nSPS) is 26.0. The van der Waals surface area contributed by atoms with Crippen molar-refractivity contribution in [1.82, 2.24) is 0 Å². The van der Waals surface area contributed by atoms with Gasteiger partial charge in [0.1, 0.15) is 12.4 Å². The lowest BCUT2D eigenvalue weighted by atomic mass is 9.62. The molecular weight excluding hydrogens is 328 g/mol. The average Bonchev–Trinajstić information content (AvgIpc) is 3.17. The van der Waals surface area contributed by atoms with Crippen molar-refractivity contribution >= 4 is 11.3 Å². The SMILES string of the molecule is CC1(C)CCC(C)(C)c2cc3c(cc21)OCC3(C)c1cc(CO)cs1. The maximum atomic E-state index is 9.43. The minimum atomic E-state index is -0.125. The lowest BCUT2D eigenvalue weighted by Gasteiger charge is -2.42. The van der Waals surface area contributed by atoms with E-state index in [2.05, 4.69) is 58.2 Å². The summed E-state index contributed by atoms with van der Waals surface area (Å²) < 4.78 is 6.18. The van der Waals surface area contributed by atoms with E-state index in [0.717, 1.165) is 11.3 Å². The zero-order valence-electron chi connectivity index (χ0n) is 15.9. The van der Waals surface area contributed by atoms with E-state index in [1.54, 1.807) is 11.3 Å². The van der Waals surface area contributed by atoms with Crippen LogP contribution in [0, 0.1) is 0 Å². The highest BCUT2D eigenvalue weighted by molar-refractivity contribution is 7.10. The molecule has 0 saturated carbocycles. The van der Waals surface area contributed by atoms with E-state index in [4.69, 9.17) is 4.74 Å². The highest BCUT2D eigenvalue weighted by Gasteiger charge is 2.44. The van der Waals surface area contributed by atoms with Crippen molar-refractivity contribution in [2.75, 3.05) is 6.61 Å². The summed E-state index contributed by atoms with van der Waals surface area (Å²) >= 11 is 1.73. The van der Waals surface area contributed by atoms with Crippen LogP contribution in [0.25, 0.3) is 0 Å². The van der Waals surface area contributed by atoms with Crippen molar-refractivity contribution in [2.45, 2.75) is 70.3 Å². The summed E-state index contributed by atoms with van der Waals surface area (Å²) in [5.74, 6) is 1.05. The minimum absolute atomic E-state index is 0.103. The summed E-state index contributed by atoms with van der Waals surface area (Å²) in [4.78, 5) is 1.28. The molecule has 3 heteroatoms. The Morgan fingerprint density at radius 1 is 0.960 bits per heavy atom. The molecule has 0 spiro atoms. The highest BCUT2D eigenvalue weighted by Crippen LogP contribution is 2.52. The predicted octanol–water partition coefficient (Wildman–Crippen LogP) is 5.29. The van der Waals surface area contributed by atoms with Gasteiger partial charge in [0.2, 0.25) is 0 Å². The first-order chi connectivity index (χ1) is 11.7. The van der Waals surface area contributed by atoms with Crippen molar-refractivity contribution in [1.29, 1.82) is 0 Å². The molecule has 2 aromatic rings. The third-order valence-electron chi connectivity index (χ3n) is 6.44. The summed E-state index contributed by atoms with van der Waals surface area (Å²) in [6.45, 7) is 12.5. The quantitative estimate of drug-likeness (QED) is 0.792. The number of thiophene rings is 1. The molecular formula is C22H28O2S. The van der Waals surface area contributed by atoms with Crippen molar-refractivity contribution in [3.05, 3.63) is 50.7 Å². The van der Waals surface area contributed by atoms with E-state index in [1.165, 1.54) is 34.4 Å². The first kappa shape index (κ1) is 17.1. The predicted molar refractivity (Wildman–Crippen MR) is 104 cm³/mol. The van der Waals surface area contributed by atoms with Gasteiger partial charge in [-0.25, -0.2) is 0 Å². The second-order valence-corrected chi connectivity index (χ2v) is 10.2. The van der Waals surface area contributed by atoms with Crippen LogP contribution in [0.4, 0.5) is 0 Å². The molecule has 1 aromatic heterocycles. The fraction of sp³-hybridized carbons (Fsp3) is 0.545. The van der Waals surface area contributed by atoms with Gasteiger partial charge in [-0.05, 0) is 64.8 Å². The maximum absolute atomic E-state index is 9.43. The minimum Gasteiger partial charge on any atom is -0.492 e. The zero-order chi connectivity index (χ0) is 18.0. The molecule has 4 rings (SSSR count). The smallest absolute Gasteiger partial charge is 0.123 e. The Morgan fingerprint density at radius 3 is 2.20 bits per heavy atom. The van der Waals surface area contributed by atoms with Gasteiger partial charge >= 0.3 is 0 Å². The van der Waals surface area contributed by atoms with Crippen LogP contribution in [0.5, 0.6) is 5.75 Å². The second-order valence-electron chi connectivity index (χ2n) is 9.26. The third kappa shape index (κ3) is 2.47. The molecule has 2 nitrogen and oxygen atoms in total. The molecule has 0 fully saturated rings. The Hall–Kier alpha value is -1.32. The van der Waals surface area contributed by atoms with Gasteiger partial charge in [-0.2, -0.15) is 0 Å². The fourth-order valence-corrected chi connectivity index (χ4v) is 5.47. The molecule has 25 heavy (non-hydrogen) atoms. The molecule has 1 aliphatic carbocycles. The molecule has 1 aliphatic heterocycles. The van der Waals surface area contributed by atoms with Crippen LogP contribution in [0.1, 0.15) is 74.6 Å². The molecule has 1 aromatic carbocycles. The molecule has 1 atom stereocenters. The van der Waals surface area contributed by atoms with Crippen molar-refractivity contribution in [3.63, 3.8) is 0 Å². The largest absolute Gasteiger partial charge is 0.492 e. The summed E-state index contributed by atoms with van der Waals surface area (Å²) in [6, 6.07) is 6.88. The van der Waals surface area contributed by atoms with E-state index in [-0.39, 0.29) is 22.9 Å². The molecule has 134 valence electrons. The van der Waals surface area contributed by atoms with Gasteiger partial charge in [-0.3, -0.25) is 0 Å². The number of benzene rings is 1. The van der Waals surface area contributed by atoms with Gasteiger partial charge < -0.3 is 9.84 Å². The van der Waals surface area contributed by atoms with Crippen LogP contribution in [0.15, 0.2) is 23.6 Å². The number of aliphatic hydroxyl groups is 1.